The van der Waals surface area contributed by atoms with E-state index in [1.54, 1.807) is 60.9 Å². The van der Waals surface area contributed by atoms with Gasteiger partial charge >= 0.3 is 0 Å². The average molecular weight is 463 g/mol. The second kappa shape index (κ2) is 8.60. The molecule has 2 aliphatic heterocycles. The van der Waals surface area contributed by atoms with Crippen LogP contribution in [0.5, 0.6) is 11.5 Å². The number of aliphatic hydroxyl groups excluding tert-OH is 1. The minimum Gasteiger partial charge on any atom is -0.507 e. The van der Waals surface area contributed by atoms with Gasteiger partial charge in [-0.1, -0.05) is 29.8 Å². The Morgan fingerprint density at radius 1 is 1.06 bits per heavy atom. The van der Waals surface area contributed by atoms with Crippen molar-refractivity contribution in [1.29, 1.82) is 0 Å². The number of aromatic nitrogens is 1. The molecule has 1 atom stereocenters. The van der Waals surface area contributed by atoms with Gasteiger partial charge in [-0.25, -0.2) is 0 Å². The zero-order chi connectivity index (χ0) is 22.9. The van der Waals surface area contributed by atoms with Crippen LogP contribution in [-0.2, 0) is 16.1 Å². The highest BCUT2D eigenvalue weighted by Crippen LogP contribution is 2.42. The predicted octanol–water partition coefficient (Wildman–Crippen LogP) is 4.13. The van der Waals surface area contributed by atoms with E-state index in [9.17, 15) is 14.7 Å². The fourth-order valence-electron chi connectivity index (χ4n) is 4.07. The number of halogens is 1. The van der Waals surface area contributed by atoms with Crippen LogP contribution in [-0.4, -0.2) is 39.9 Å². The van der Waals surface area contributed by atoms with Gasteiger partial charge in [-0.15, -0.1) is 0 Å². The van der Waals surface area contributed by atoms with Crippen molar-refractivity contribution in [2.45, 2.75) is 12.6 Å². The van der Waals surface area contributed by atoms with E-state index in [4.69, 9.17) is 21.1 Å². The van der Waals surface area contributed by atoms with E-state index in [0.29, 0.717) is 40.9 Å². The first-order chi connectivity index (χ1) is 16.0. The van der Waals surface area contributed by atoms with Gasteiger partial charge in [-0.2, -0.15) is 0 Å². The molecule has 166 valence electrons. The second-order valence-electron chi connectivity index (χ2n) is 7.70. The minimum atomic E-state index is -0.796. The number of amides is 1. The highest BCUT2D eigenvalue weighted by molar-refractivity contribution is 6.46. The summed E-state index contributed by atoms with van der Waals surface area (Å²) in [6.45, 7) is 0.982. The van der Waals surface area contributed by atoms with Crippen molar-refractivity contribution in [3.8, 4) is 11.5 Å². The fraction of sp³-hybridized carbons (Fsp3) is 0.160. The number of nitrogens with zero attached hydrogens (tertiary/aromatic N) is 2. The first-order valence-corrected chi connectivity index (χ1v) is 10.7. The summed E-state index contributed by atoms with van der Waals surface area (Å²) < 4.78 is 11.1. The number of fused-ring (bicyclic) bond motifs is 1. The summed E-state index contributed by atoms with van der Waals surface area (Å²) in [5.74, 6) is -0.704. The van der Waals surface area contributed by atoms with Gasteiger partial charge in [0.2, 0.25) is 0 Å². The normalized spacial score (nSPS) is 19.1. The lowest BCUT2D eigenvalue weighted by molar-refractivity contribution is -0.140. The second-order valence-corrected chi connectivity index (χ2v) is 8.13. The maximum Gasteiger partial charge on any atom is 0.295 e. The SMILES string of the molecule is O=C1C(=O)N(Cc2cccnc2)C(c2ccc(Cl)cc2)/C1=C(\O)c1ccc2c(c1)OCCO2. The van der Waals surface area contributed by atoms with Crippen LogP contribution in [0.15, 0.2) is 72.6 Å². The van der Waals surface area contributed by atoms with Crippen LogP contribution in [0.4, 0.5) is 0 Å². The summed E-state index contributed by atoms with van der Waals surface area (Å²) in [6, 6.07) is 14.6. The summed E-state index contributed by atoms with van der Waals surface area (Å²) in [7, 11) is 0. The minimum absolute atomic E-state index is 0.00268. The maximum absolute atomic E-state index is 13.2. The average Bonchev–Trinajstić information content (AvgIpc) is 3.09. The van der Waals surface area contributed by atoms with Crippen molar-refractivity contribution >= 4 is 29.1 Å². The first-order valence-electron chi connectivity index (χ1n) is 10.4. The van der Waals surface area contributed by atoms with E-state index in [0.717, 1.165) is 5.56 Å². The van der Waals surface area contributed by atoms with Gasteiger partial charge in [0.1, 0.15) is 19.0 Å². The van der Waals surface area contributed by atoms with Crippen LogP contribution < -0.4 is 9.47 Å². The van der Waals surface area contributed by atoms with E-state index in [-0.39, 0.29) is 17.9 Å². The number of likely N-dealkylation sites (tertiary alicyclic amines) is 1. The summed E-state index contributed by atoms with van der Waals surface area (Å²) >= 11 is 6.06. The number of pyridine rings is 1. The first kappa shape index (κ1) is 21.0. The zero-order valence-electron chi connectivity index (χ0n) is 17.4. The van der Waals surface area contributed by atoms with Gasteiger partial charge in [-0.05, 0) is 47.5 Å². The standard InChI is InChI=1S/C25H19ClN2O5/c26-18-6-3-16(4-7-18)22-21(23(29)17-5-8-19-20(12-17)33-11-10-32-19)24(30)25(31)28(22)14-15-2-1-9-27-13-15/h1-9,12-13,22,29H,10-11,14H2/b23-21+. The third-order valence-electron chi connectivity index (χ3n) is 5.62. The molecule has 0 aliphatic carbocycles. The summed E-state index contributed by atoms with van der Waals surface area (Å²) in [4.78, 5) is 31.8. The van der Waals surface area contributed by atoms with Crippen LogP contribution in [0.1, 0.15) is 22.7 Å². The predicted molar refractivity (Wildman–Crippen MR) is 121 cm³/mol. The Morgan fingerprint density at radius 2 is 1.82 bits per heavy atom. The number of benzene rings is 2. The monoisotopic (exact) mass is 462 g/mol. The van der Waals surface area contributed by atoms with Crippen molar-refractivity contribution in [1.82, 2.24) is 9.88 Å². The molecule has 2 aromatic carbocycles. The Morgan fingerprint density at radius 3 is 2.55 bits per heavy atom. The summed E-state index contributed by atoms with van der Waals surface area (Å²) in [5, 5.41) is 11.7. The quantitative estimate of drug-likeness (QED) is 0.356. The molecule has 1 N–H and O–H groups in total. The Kier molecular flexibility index (Phi) is 5.48. The van der Waals surface area contributed by atoms with Crippen LogP contribution in [0, 0.1) is 0 Å². The number of carbonyl (C=O) groups excluding carboxylic acids is 2. The van der Waals surface area contributed by atoms with Crippen LogP contribution >= 0.6 is 11.6 Å². The number of carbonyl (C=O) groups is 2. The molecule has 1 saturated heterocycles. The van der Waals surface area contributed by atoms with E-state index in [1.165, 1.54) is 4.90 Å². The van der Waals surface area contributed by atoms with Gasteiger partial charge in [0.25, 0.3) is 11.7 Å². The van der Waals surface area contributed by atoms with Gasteiger partial charge < -0.3 is 19.5 Å². The van der Waals surface area contributed by atoms with Crippen molar-refractivity contribution < 1.29 is 24.2 Å². The Bertz CT molecular complexity index is 1260. The third kappa shape index (κ3) is 3.91. The van der Waals surface area contributed by atoms with Gasteiger partial charge in [0.05, 0.1) is 11.6 Å². The smallest absolute Gasteiger partial charge is 0.295 e. The van der Waals surface area contributed by atoms with Crippen molar-refractivity contribution in [3.05, 3.63) is 94.3 Å². The molecule has 0 spiro atoms. The lowest BCUT2D eigenvalue weighted by Crippen LogP contribution is -2.29. The number of rotatable bonds is 4. The fourth-order valence-corrected chi connectivity index (χ4v) is 4.20. The van der Waals surface area contributed by atoms with Gasteiger partial charge in [0, 0.05) is 29.5 Å². The molecule has 0 saturated carbocycles. The largest absolute Gasteiger partial charge is 0.507 e. The molecule has 0 radical (unpaired) electrons. The molecule has 3 heterocycles. The van der Waals surface area contributed by atoms with E-state index in [2.05, 4.69) is 4.98 Å². The molecule has 1 amide bonds. The molecule has 8 heteroatoms. The lowest BCUT2D eigenvalue weighted by atomic mass is 9.95. The number of hydrogen-bond donors (Lipinski definition) is 1. The molecular weight excluding hydrogens is 444 g/mol. The highest BCUT2D eigenvalue weighted by Gasteiger charge is 2.46. The molecule has 33 heavy (non-hydrogen) atoms. The Hall–Kier alpha value is -3.84. The number of Topliss-reactive ketones (excluding diaryl/α,β-unsaturated/α-hetero) is 1. The molecule has 2 aliphatic rings. The van der Waals surface area contributed by atoms with Crippen molar-refractivity contribution in [2.24, 2.45) is 0 Å². The third-order valence-corrected chi connectivity index (χ3v) is 5.87. The van der Waals surface area contributed by atoms with Crippen LogP contribution in [0.25, 0.3) is 5.76 Å². The number of ether oxygens (including phenoxy) is 2. The number of ketones is 1. The number of aliphatic hydroxyl groups is 1. The molecule has 7 nitrogen and oxygen atoms in total. The Balaban J connectivity index is 1.63. The van der Waals surface area contributed by atoms with Crippen LogP contribution in [0.2, 0.25) is 5.02 Å². The molecular formula is C25H19ClN2O5. The van der Waals surface area contributed by atoms with E-state index in [1.807, 2.05) is 6.07 Å². The molecule has 5 rings (SSSR count). The summed E-state index contributed by atoms with van der Waals surface area (Å²) in [5.41, 5.74) is 1.78. The topological polar surface area (TPSA) is 89.0 Å². The summed E-state index contributed by atoms with van der Waals surface area (Å²) in [6.07, 6.45) is 3.27. The number of hydrogen-bond acceptors (Lipinski definition) is 6. The van der Waals surface area contributed by atoms with E-state index >= 15 is 0 Å². The van der Waals surface area contributed by atoms with Crippen molar-refractivity contribution in [2.75, 3.05) is 13.2 Å². The Labute approximate surface area is 194 Å². The van der Waals surface area contributed by atoms with Crippen molar-refractivity contribution in [3.63, 3.8) is 0 Å². The highest BCUT2D eigenvalue weighted by atomic mass is 35.5. The molecule has 3 aromatic rings. The maximum atomic E-state index is 13.2. The molecule has 1 aromatic heterocycles. The van der Waals surface area contributed by atoms with Gasteiger partial charge in [0.15, 0.2) is 11.5 Å². The molecule has 1 fully saturated rings. The van der Waals surface area contributed by atoms with E-state index < -0.39 is 17.7 Å². The van der Waals surface area contributed by atoms with Gasteiger partial charge in [-0.3, -0.25) is 14.6 Å². The lowest BCUT2D eigenvalue weighted by Gasteiger charge is -2.25. The van der Waals surface area contributed by atoms with Crippen LogP contribution in [0.3, 0.4) is 0 Å². The zero-order valence-corrected chi connectivity index (χ0v) is 18.2. The molecule has 0 bridgehead atoms. The molecule has 1 unspecified atom stereocenters.